The fourth-order valence-corrected chi connectivity index (χ4v) is 4.16. The number of carboxylic acid groups (broad SMARTS) is 2. The molecule has 4 N–H and O–H groups in total. The van der Waals surface area contributed by atoms with Crippen LogP contribution in [-0.2, 0) is 14.4 Å². The van der Waals surface area contributed by atoms with Gasteiger partial charge in [-0.2, -0.15) is 26.3 Å². The molecule has 1 fully saturated rings. The molecule has 1 amide bonds. The molecule has 8 nitrogen and oxygen atoms in total. The first-order valence-corrected chi connectivity index (χ1v) is 11.7. The summed E-state index contributed by atoms with van der Waals surface area (Å²) in [5, 5.41) is 22.7. The number of hydrogen-bond acceptors (Lipinski definition) is 6. The van der Waals surface area contributed by atoms with Gasteiger partial charge in [0.25, 0.3) is 0 Å². The summed E-state index contributed by atoms with van der Waals surface area (Å²) in [5.74, 6) is -5.26. The Morgan fingerprint density at radius 2 is 1.44 bits per heavy atom. The Morgan fingerprint density at radius 3 is 1.95 bits per heavy atom. The van der Waals surface area contributed by atoms with Gasteiger partial charge in [-0.25, -0.2) is 9.59 Å². The number of carboxylic acids is 2. The fourth-order valence-electron chi connectivity index (χ4n) is 3.31. The van der Waals surface area contributed by atoms with Crippen LogP contribution < -0.4 is 10.6 Å². The van der Waals surface area contributed by atoms with E-state index < -0.39 is 24.3 Å². The Balaban J connectivity index is 0.000000317. The second-order valence-electron chi connectivity index (χ2n) is 7.81. The summed E-state index contributed by atoms with van der Waals surface area (Å²) in [7, 11) is 0. The van der Waals surface area contributed by atoms with Crippen LogP contribution in [0.2, 0.25) is 0 Å². The highest BCUT2D eigenvalue weighted by atomic mass is 32.1. The van der Waals surface area contributed by atoms with E-state index >= 15 is 0 Å². The van der Waals surface area contributed by atoms with E-state index in [1.54, 1.807) is 23.7 Å². The SMILES string of the molecule is O=C(Nc1csc(-c2ccncc2)c1)[C@H]1CNC[C@@H]1c1ccccc1.O=C(O)C(F)(F)F.O=C(O)C(F)(F)F. The van der Waals surface area contributed by atoms with E-state index in [4.69, 9.17) is 19.8 Å². The van der Waals surface area contributed by atoms with Crippen molar-refractivity contribution in [2.45, 2.75) is 18.3 Å². The third kappa shape index (κ3) is 10.0. The van der Waals surface area contributed by atoms with Gasteiger partial charge in [0, 0.05) is 41.7 Å². The van der Waals surface area contributed by atoms with Crippen molar-refractivity contribution in [3.8, 4) is 10.4 Å². The van der Waals surface area contributed by atoms with E-state index in [0.29, 0.717) is 6.54 Å². The minimum Gasteiger partial charge on any atom is -0.475 e. The molecule has 15 heteroatoms. The van der Waals surface area contributed by atoms with E-state index in [9.17, 15) is 31.1 Å². The summed E-state index contributed by atoms with van der Waals surface area (Å²) < 4.78 is 63.5. The smallest absolute Gasteiger partial charge is 0.475 e. The topological polar surface area (TPSA) is 129 Å². The number of anilines is 1. The van der Waals surface area contributed by atoms with Gasteiger partial charge in [-0.1, -0.05) is 30.3 Å². The van der Waals surface area contributed by atoms with Crippen molar-refractivity contribution >= 4 is 34.9 Å². The number of benzene rings is 1. The highest BCUT2D eigenvalue weighted by Gasteiger charge is 2.39. The molecule has 210 valence electrons. The van der Waals surface area contributed by atoms with Crippen LogP contribution in [0.5, 0.6) is 0 Å². The lowest BCUT2D eigenvalue weighted by molar-refractivity contribution is -0.193. The third-order valence-electron chi connectivity index (χ3n) is 5.10. The van der Waals surface area contributed by atoms with Crippen molar-refractivity contribution < 1.29 is 50.9 Å². The number of carbonyl (C=O) groups is 3. The second kappa shape index (κ2) is 13.7. The maximum absolute atomic E-state index is 12.8. The van der Waals surface area contributed by atoms with E-state index in [1.165, 1.54) is 5.56 Å². The van der Waals surface area contributed by atoms with Crippen LogP contribution in [0, 0.1) is 5.92 Å². The van der Waals surface area contributed by atoms with Gasteiger partial charge in [0.1, 0.15) is 0 Å². The predicted octanol–water partition coefficient (Wildman–Crippen LogP) is 5.02. The molecule has 0 unspecified atom stereocenters. The van der Waals surface area contributed by atoms with Gasteiger partial charge in [-0.3, -0.25) is 9.78 Å². The van der Waals surface area contributed by atoms with Crippen LogP contribution in [0.1, 0.15) is 11.5 Å². The molecule has 2 aromatic heterocycles. The van der Waals surface area contributed by atoms with Crippen LogP contribution in [0.3, 0.4) is 0 Å². The average Bonchev–Trinajstić information content (AvgIpc) is 3.55. The van der Waals surface area contributed by atoms with Crippen molar-refractivity contribution in [1.29, 1.82) is 0 Å². The molecule has 1 aromatic carbocycles. The second-order valence-corrected chi connectivity index (χ2v) is 8.72. The number of alkyl halides is 6. The molecule has 0 spiro atoms. The number of hydrogen-bond donors (Lipinski definition) is 4. The Kier molecular flexibility index (Phi) is 11.0. The van der Waals surface area contributed by atoms with Gasteiger partial charge < -0.3 is 20.8 Å². The Labute approximate surface area is 221 Å². The summed E-state index contributed by atoms with van der Waals surface area (Å²) in [4.78, 5) is 35.7. The van der Waals surface area contributed by atoms with Crippen LogP contribution in [0.4, 0.5) is 32.0 Å². The van der Waals surface area contributed by atoms with Crippen molar-refractivity contribution in [3.63, 3.8) is 0 Å². The molecule has 3 heterocycles. The summed E-state index contributed by atoms with van der Waals surface area (Å²) in [6.45, 7) is 1.56. The van der Waals surface area contributed by atoms with Crippen molar-refractivity contribution in [2.24, 2.45) is 5.92 Å². The van der Waals surface area contributed by atoms with Crippen molar-refractivity contribution in [1.82, 2.24) is 10.3 Å². The molecule has 0 bridgehead atoms. The monoisotopic (exact) mass is 577 g/mol. The molecule has 4 rings (SSSR count). The number of nitrogens with zero attached hydrogens (tertiary/aromatic N) is 1. The largest absolute Gasteiger partial charge is 0.490 e. The van der Waals surface area contributed by atoms with Crippen molar-refractivity contribution in [3.05, 3.63) is 71.9 Å². The quantitative estimate of drug-likeness (QED) is 0.321. The van der Waals surface area contributed by atoms with Crippen LogP contribution in [0.25, 0.3) is 10.4 Å². The van der Waals surface area contributed by atoms with Gasteiger partial charge in [0.2, 0.25) is 5.91 Å². The van der Waals surface area contributed by atoms with Gasteiger partial charge in [-0.15, -0.1) is 11.3 Å². The normalized spacial score (nSPS) is 16.7. The van der Waals surface area contributed by atoms with Crippen LogP contribution in [0.15, 0.2) is 66.3 Å². The first kappa shape index (κ1) is 31.2. The zero-order valence-electron chi connectivity index (χ0n) is 19.7. The molecule has 39 heavy (non-hydrogen) atoms. The number of halogens is 6. The molecule has 0 aliphatic carbocycles. The molecular formula is C24H21F6N3O5S. The Hall–Kier alpha value is -3.98. The molecule has 3 aromatic rings. The van der Waals surface area contributed by atoms with Gasteiger partial charge in [0.05, 0.1) is 11.6 Å². The number of rotatable bonds is 4. The average molecular weight is 578 g/mol. The minimum absolute atomic E-state index is 0.0494. The lowest BCUT2D eigenvalue weighted by Gasteiger charge is -2.18. The third-order valence-corrected chi connectivity index (χ3v) is 6.07. The number of nitrogens with one attached hydrogen (secondary N) is 2. The number of carbonyl (C=O) groups excluding carboxylic acids is 1. The first-order valence-electron chi connectivity index (χ1n) is 10.9. The summed E-state index contributed by atoms with van der Waals surface area (Å²) in [6.07, 6.45) is -6.61. The zero-order valence-corrected chi connectivity index (χ0v) is 20.5. The van der Waals surface area contributed by atoms with E-state index in [-0.39, 0.29) is 17.7 Å². The van der Waals surface area contributed by atoms with Crippen LogP contribution >= 0.6 is 11.3 Å². The number of aliphatic carboxylic acids is 2. The van der Waals surface area contributed by atoms with E-state index in [1.807, 2.05) is 41.8 Å². The number of aromatic nitrogens is 1. The van der Waals surface area contributed by atoms with Crippen molar-refractivity contribution in [2.75, 3.05) is 18.4 Å². The molecular weight excluding hydrogens is 556 g/mol. The van der Waals surface area contributed by atoms with E-state index in [2.05, 4.69) is 27.8 Å². The zero-order chi connectivity index (χ0) is 29.2. The first-order chi connectivity index (χ1) is 18.2. The van der Waals surface area contributed by atoms with Gasteiger partial charge >= 0.3 is 24.3 Å². The Bertz CT molecular complexity index is 1210. The van der Waals surface area contributed by atoms with Crippen LogP contribution in [-0.4, -0.2) is 58.5 Å². The van der Waals surface area contributed by atoms with Gasteiger partial charge in [0.15, 0.2) is 0 Å². The highest BCUT2D eigenvalue weighted by molar-refractivity contribution is 7.14. The molecule has 1 saturated heterocycles. The summed E-state index contributed by atoms with van der Waals surface area (Å²) in [6, 6.07) is 16.2. The van der Waals surface area contributed by atoms with Gasteiger partial charge in [-0.05, 0) is 29.3 Å². The standard InChI is InChI=1S/C20H19N3OS.2C2HF3O2/c24-20(18-12-22-11-17(18)14-4-2-1-3-5-14)23-16-10-19(25-13-16)15-6-8-21-9-7-15;2*3-2(4,5)1(6)7/h1-10,13,17-18,22H,11-12H2,(H,23,24);2*(H,6,7)/t17-,18+;;/m1../s1. The maximum Gasteiger partial charge on any atom is 0.490 e. The maximum atomic E-state index is 12.8. The minimum atomic E-state index is -5.08. The number of amides is 1. The summed E-state index contributed by atoms with van der Waals surface area (Å²) in [5.41, 5.74) is 3.20. The molecule has 1 aliphatic rings. The molecule has 0 saturated carbocycles. The fraction of sp³-hybridized carbons (Fsp3) is 0.250. The molecule has 0 radical (unpaired) electrons. The molecule has 2 atom stereocenters. The predicted molar refractivity (Wildman–Crippen MR) is 129 cm³/mol. The lowest BCUT2D eigenvalue weighted by atomic mass is 9.88. The van der Waals surface area contributed by atoms with E-state index in [0.717, 1.165) is 22.7 Å². The highest BCUT2D eigenvalue weighted by Crippen LogP contribution is 2.32. The Morgan fingerprint density at radius 1 is 0.897 bits per heavy atom. The summed E-state index contributed by atoms with van der Waals surface area (Å²) >= 11 is 1.63. The molecule has 1 aliphatic heterocycles. The number of pyridine rings is 1. The number of thiophene rings is 1. The lowest BCUT2D eigenvalue weighted by Crippen LogP contribution is -2.27.